The molecule has 1 atom stereocenters. The molecule has 0 aliphatic heterocycles. The van der Waals surface area contributed by atoms with E-state index in [0.29, 0.717) is 0 Å². The lowest BCUT2D eigenvalue weighted by molar-refractivity contribution is 0.411. The van der Waals surface area contributed by atoms with Crippen LogP contribution < -0.4 is 5.32 Å². The fraction of sp³-hybridized carbons (Fsp3) is 0.158. The summed E-state index contributed by atoms with van der Waals surface area (Å²) in [4.78, 5) is 0. The Morgan fingerprint density at radius 1 is 0.762 bits per heavy atom. The first-order valence-corrected chi connectivity index (χ1v) is 7.24. The average Bonchev–Trinajstić information content (AvgIpc) is 3.09. The molecule has 21 heavy (non-hydrogen) atoms. The summed E-state index contributed by atoms with van der Waals surface area (Å²) in [6, 6.07) is 25.2. The second-order valence-corrected chi connectivity index (χ2v) is 5.16. The van der Waals surface area contributed by atoms with Crippen molar-refractivity contribution >= 4 is 0 Å². The first-order valence-electron chi connectivity index (χ1n) is 7.24. The zero-order valence-electron chi connectivity index (χ0n) is 12.1. The highest BCUT2D eigenvalue weighted by atomic mass is 16.3. The first kappa shape index (κ1) is 13.7. The van der Waals surface area contributed by atoms with Gasteiger partial charge in [0.1, 0.15) is 5.76 Å². The molecule has 1 unspecified atom stereocenters. The molecule has 0 saturated carbocycles. The molecular formula is C19H19NO. The van der Waals surface area contributed by atoms with Crippen LogP contribution >= 0.6 is 0 Å². The lowest BCUT2D eigenvalue weighted by atomic mass is 9.97. The van der Waals surface area contributed by atoms with Gasteiger partial charge in [0.15, 0.2) is 0 Å². The van der Waals surface area contributed by atoms with E-state index in [0.717, 1.165) is 5.76 Å². The number of hydrogen-bond acceptors (Lipinski definition) is 2. The Morgan fingerprint density at radius 2 is 1.33 bits per heavy atom. The zero-order chi connectivity index (χ0) is 14.5. The summed E-state index contributed by atoms with van der Waals surface area (Å²) >= 11 is 0. The van der Waals surface area contributed by atoms with Crippen molar-refractivity contribution in [2.75, 3.05) is 0 Å². The highest BCUT2D eigenvalue weighted by Crippen LogP contribution is 2.25. The SMILES string of the molecule is CC(NC(c1ccccc1)c1ccccc1)c1ccco1. The van der Waals surface area contributed by atoms with E-state index >= 15 is 0 Å². The van der Waals surface area contributed by atoms with Gasteiger partial charge in [0, 0.05) is 0 Å². The molecule has 0 aliphatic carbocycles. The van der Waals surface area contributed by atoms with Crippen LogP contribution in [-0.4, -0.2) is 0 Å². The van der Waals surface area contributed by atoms with Crippen LogP contribution in [0.2, 0.25) is 0 Å². The number of furan rings is 1. The third kappa shape index (κ3) is 3.23. The predicted molar refractivity (Wildman–Crippen MR) is 85.0 cm³/mol. The molecule has 3 rings (SSSR count). The lowest BCUT2D eigenvalue weighted by Crippen LogP contribution is -2.25. The molecule has 0 radical (unpaired) electrons. The van der Waals surface area contributed by atoms with Crippen LogP contribution in [0.3, 0.4) is 0 Å². The quantitative estimate of drug-likeness (QED) is 0.730. The Kier molecular flexibility index (Phi) is 4.17. The van der Waals surface area contributed by atoms with E-state index in [-0.39, 0.29) is 12.1 Å². The average molecular weight is 277 g/mol. The fourth-order valence-corrected chi connectivity index (χ4v) is 2.55. The second kappa shape index (κ2) is 6.42. The summed E-state index contributed by atoms with van der Waals surface area (Å²) in [5.41, 5.74) is 2.50. The van der Waals surface area contributed by atoms with E-state index in [2.05, 4.69) is 60.8 Å². The number of rotatable bonds is 5. The Labute approximate surface area is 125 Å². The van der Waals surface area contributed by atoms with Crippen molar-refractivity contribution in [2.24, 2.45) is 0 Å². The molecule has 2 aromatic carbocycles. The Balaban J connectivity index is 1.90. The molecule has 1 heterocycles. The summed E-state index contributed by atoms with van der Waals surface area (Å²) in [7, 11) is 0. The molecule has 1 N–H and O–H groups in total. The Morgan fingerprint density at radius 3 is 1.81 bits per heavy atom. The highest BCUT2D eigenvalue weighted by molar-refractivity contribution is 5.32. The number of benzene rings is 2. The molecule has 106 valence electrons. The molecule has 3 aromatic rings. The van der Waals surface area contributed by atoms with Gasteiger partial charge < -0.3 is 4.42 Å². The van der Waals surface area contributed by atoms with E-state index in [1.807, 2.05) is 24.3 Å². The molecule has 0 aliphatic rings. The van der Waals surface area contributed by atoms with Gasteiger partial charge in [0.05, 0.1) is 18.3 Å². The van der Waals surface area contributed by atoms with Crippen molar-refractivity contribution < 1.29 is 4.42 Å². The minimum absolute atomic E-state index is 0.144. The smallest absolute Gasteiger partial charge is 0.120 e. The van der Waals surface area contributed by atoms with Gasteiger partial charge in [0.2, 0.25) is 0 Å². The largest absolute Gasteiger partial charge is 0.468 e. The van der Waals surface area contributed by atoms with E-state index < -0.39 is 0 Å². The minimum Gasteiger partial charge on any atom is -0.468 e. The van der Waals surface area contributed by atoms with Crippen LogP contribution in [0.1, 0.15) is 35.9 Å². The molecule has 2 nitrogen and oxygen atoms in total. The van der Waals surface area contributed by atoms with Crippen LogP contribution in [0.5, 0.6) is 0 Å². The summed E-state index contributed by atoms with van der Waals surface area (Å²) in [6.45, 7) is 2.12. The van der Waals surface area contributed by atoms with Crippen molar-refractivity contribution in [3.05, 3.63) is 95.9 Å². The van der Waals surface area contributed by atoms with E-state index in [9.17, 15) is 0 Å². The van der Waals surface area contributed by atoms with Crippen molar-refractivity contribution in [3.63, 3.8) is 0 Å². The molecule has 1 aromatic heterocycles. The topological polar surface area (TPSA) is 25.2 Å². The van der Waals surface area contributed by atoms with Crippen LogP contribution in [0.25, 0.3) is 0 Å². The summed E-state index contributed by atoms with van der Waals surface area (Å²) in [5.74, 6) is 0.951. The molecule has 0 bridgehead atoms. The van der Waals surface area contributed by atoms with Gasteiger partial charge in [-0.2, -0.15) is 0 Å². The van der Waals surface area contributed by atoms with E-state index in [4.69, 9.17) is 4.42 Å². The third-order valence-corrected chi connectivity index (χ3v) is 3.65. The normalized spacial score (nSPS) is 12.5. The van der Waals surface area contributed by atoms with Gasteiger partial charge in [-0.25, -0.2) is 0 Å². The predicted octanol–water partition coefficient (Wildman–Crippen LogP) is 4.72. The van der Waals surface area contributed by atoms with Crippen molar-refractivity contribution in [1.29, 1.82) is 0 Å². The Hall–Kier alpha value is -2.32. The molecule has 0 spiro atoms. The maximum absolute atomic E-state index is 5.51. The van der Waals surface area contributed by atoms with Crippen LogP contribution in [0, 0.1) is 0 Å². The maximum atomic E-state index is 5.51. The molecule has 0 amide bonds. The van der Waals surface area contributed by atoms with Crippen molar-refractivity contribution in [2.45, 2.75) is 19.0 Å². The van der Waals surface area contributed by atoms with E-state index in [1.165, 1.54) is 11.1 Å². The van der Waals surface area contributed by atoms with Crippen LogP contribution in [-0.2, 0) is 0 Å². The van der Waals surface area contributed by atoms with Gasteiger partial charge in [-0.15, -0.1) is 0 Å². The van der Waals surface area contributed by atoms with E-state index in [1.54, 1.807) is 6.26 Å². The lowest BCUT2D eigenvalue weighted by Gasteiger charge is -2.23. The molecule has 2 heteroatoms. The number of hydrogen-bond donors (Lipinski definition) is 1. The standard InChI is InChI=1S/C19H19NO/c1-15(18-13-8-14-21-18)20-19(16-9-4-2-5-10-16)17-11-6-3-7-12-17/h2-15,19-20H,1H3. The summed E-state index contributed by atoms with van der Waals surface area (Å²) in [6.07, 6.45) is 1.72. The molecule has 0 saturated heterocycles. The minimum atomic E-state index is 0.144. The Bertz CT molecular complexity index is 607. The van der Waals surface area contributed by atoms with Crippen molar-refractivity contribution in [1.82, 2.24) is 5.32 Å². The summed E-state index contributed by atoms with van der Waals surface area (Å²) < 4.78 is 5.51. The van der Waals surface area contributed by atoms with Gasteiger partial charge in [-0.05, 0) is 30.2 Å². The maximum Gasteiger partial charge on any atom is 0.120 e. The van der Waals surface area contributed by atoms with Gasteiger partial charge >= 0.3 is 0 Å². The number of nitrogens with one attached hydrogen (secondary N) is 1. The van der Waals surface area contributed by atoms with Gasteiger partial charge in [0.25, 0.3) is 0 Å². The van der Waals surface area contributed by atoms with Gasteiger partial charge in [-0.3, -0.25) is 5.32 Å². The van der Waals surface area contributed by atoms with Crippen LogP contribution in [0.15, 0.2) is 83.5 Å². The molecular weight excluding hydrogens is 258 g/mol. The summed E-state index contributed by atoms with van der Waals surface area (Å²) in [5, 5.41) is 3.66. The second-order valence-electron chi connectivity index (χ2n) is 5.16. The van der Waals surface area contributed by atoms with Crippen LogP contribution in [0.4, 0.5) is 0 Å². The zero-order valence-corrected chi connectivity index (χ0v) is 12.1. The fourth-order valence-electron chi connectivity index (χ4n) is 2.55. The molecule has 0 fully saturated rings. The highest BCUT2D eigenvalue weighted by Gasteiger charge is 2.18. The first-order chi connectivity index (χ1) is 10.3. The monoisotopic (exact) mass is 277 g/mol. The van der Waals surface area contributed by atoms with Crippen molar-refractivity contribution in [3.8, 4) is 0 Å². The van der Waals surface area contributed by atoms with Gasteiger partial charge in [-0.1, -0.05) is 60.7 Å². The third-order valence-electron chi connectivity index (χ3n) is 3.65.